The Bertz CT molecular complexity index is 1170. The van der Waals surface area contributed by atoms with Crippen LogP contribution in [0.2, 0.25) is 0 Å². The summed E-state index contributed by atoms with van der Waals surface area (Å²) in [6, 6.07) is 9.34. The van der Waals surface area contributed by atoms with Gasteiger partial charge in [0.25, 0.3) is 0 Å². The van der Waals surface area contributed by atoms with Crippen molar-refractivity contribution in [3.05, 3.63) is 47.4 Å². The molecule has 0 spiro atoms. The molecular formula is C26H35FN4O4. The molecule has 0 aliphatic heterocycles. The standard InChI is InChI=1S/C24H29FN4O4.C2H6/c1-14(2)33-23(30)24(11-17(25)12-24)22-27-15(3)19-8-9-21(28-29(19)22)26-13-16-6-7-18(31-4)10-20(16)32-5;1-2/h6-10,14,17H,11-13H2,1-5H3,(H,26,28);1-2H3. The number of ether oxygens (including phenoxy) is 3. The van der Waals surface area contributed by atoms with E-state index in [9.17, 15) is 9.18 Å². The molecule has 8 nitrogen and oxygen atoms in total. The van der Waals surface area contributed by atoms with Gasteiger partial charge in [0.05, 0.1) is 31.5 Å². The van der Waals surface area contributed by atoms with Crippen molar-refractivity contribution in [1.82, 2.24) is 14.6 Å². The number of rotatable bonds is 8. The molecular weight excluding hydrogens is 451 g/mol. The minimum atomic E-state index is -1.13. The number of nitrogens with zero attached hydrogens (tertiary/aromatic N) is 3. The second-order valence-corrected chi connectivity index (χ2v) is 8.61. The van der Waals surface area contributed by atoms with Gasteiger partial charge >= 0.3 is 5.97 Å². The fourth-order valence-corrected chi connectivity index (χ4v) is 4.17. The van der Waals surface area contributed by atoms with E-state index in [0.29, 0.717) is 29.7 Å². The first-order chi connectivity index (χ1) is 16.8. The van der Waals surface area contributed by atoms with Crippen LogP contribution in [0.1, 0.15) is 57.6 Å². The van der Waals surface area contributed by atoms with Crippen LogP contribution in [0, 0.1) is 6.92 Å². The molecule has 1 N–H and O–H groups in total. The van der Waals surface area contributed by atoms with Crippen molar-refractivity contribution >= 4 is 17.3 Å². The van der Waals surface area contributed by atoms with Crippen LogP contribution in [0.15, 0.2) is 30.3 Å². The highest BCUT2D eigenvalue weighted by atomic mass is 19.1. The largest absolute Gasteiger partial charge is 0.497 e. The summed E-state index contributed by atoms with van der Waals surface area (Å²) in [5.41, 5.74) is 1.28. The normalized spacial score (nSPS) is 18.9. The monoisotopic (exact) mass is 486 g/mol. The third-order valence-electron chi connectivity index (χ3n) is 5.94. The van der Waals surface area contributed by atoms with Crippen LogP contribution in [0.5, 0.6) is 11.5 Å². The molecule has 0 saturated heterocycles. The number of nitrogens with one attached hydrogen (secondary N) is 1. The molecule has 3 aromatic rings. The topological polar surface area (TPSA) is 87.0 Å². The third-order valence-corrected chi connectivity index (χ3v) is 5.94. The highest BCUT2D eigenvalue weighted by Crippen LogP contribution is 2.46. The number of methoxy groups -OCH3 is 2. The number of aromatic nitrogens is 3. The Hall–Kier alpha value is -3.36. The first-order valence-corrected chi connectivity index (χ1v) is 11.9. The van der Waals surface area contributed by atoms with E-state index in [1.54, 1.807) is 32.6 Å². The molecule has 2 heterocycles. The lowest BCUT2D eigenvalue weighted by molar-refractivity contribution is -0.162. The molecule has 1 aliphatic rings. The van der Waals surface area contributed by atoms with Crippen LogP contribution in [0.4, 0.5) is 10.2 Å². The minimum Gasteiger partial charge on any atom is -0.497 e. The van der Waals surface area contributed by atoms with E-state index in [2.05, 4.69) is 15.4 Å². The van der Waals surface area contributed by atoms with Crippen molar-refractivity contribution in [2.75, 3.05) is 19.5 Å². The van der Waals surface area contributed by atoms with Gasteiger partial charge in [-0.05, 0) is 45.0 Å². The average Bonchev–Trinajstić information content (AvgIpc) is 3.16. The maximum atomic E-state index is 14.0. The summed E-state index contributed by atoms with van der Waals surface area (Å²) < 4.78 is 31.8. The third kappa shape index (κ3) is 5.18. The van der Waals surface area contributed by atoms with Crippen LogP contribution in [-0.2, 0) is 21.5 Å². The number of alkyl halides is 1. The average molecular weight is 487 g/mol. The molecule has 1 aliphatic carbocycles. The summed E-state index contributed by atoms with van der Waals surface area (Å²) in [7, 11) is 3.21. The van der Waals surface area contributed by atoms with Gasteiger partial charge in [-0.25, -0.2) is 13.9 Å². The number of benzene rings is 1. The lowest BCUT2D eigenvalue weighted by atomic mass is 9.66. The van der Waals surface area contributed by atoms with Gasteiger partial charge in [0, 0.05) is 31.0 Å². The van der Waals surface area contributed by atoms with Gasteiger partial charge in [-0.3, -0.25) is 4.79 Å². The van der Waals surface area contributed by atoms with Gasteiger partial charge in [0.15, 0.2) is 0 Å². The predicted octanol–water partition coefficient (Wildman–Crippen LogP) is 5.01. The summed E-state index contributed by atoms with van der Waals surface area (Å²) in [6.45, 7) is 9.87. The van der Waals surface area contributed by atoms with Gasteiger partial charge in [-0.2, -0.15) is 0 Å². The Labute approximate surface area is 205 Å². The SMILES string of the molecule is CC.COc1ccc(CNc2ccc3c(C)nc(C4(C(=O)OC(C)C)CC(F)C4)n3n2)c(OC)c1. The molecule has 1 aromatic carbocycles. The van der Waals surface area contributed by atoms with Crippen molar-refractivity contribution in [2.24, 2.45) is 0 Å². The fraction of sp³-hybridized carbons (Fsp3) is 0.500. The van der Waals surface area contributed by atoms with Crippen molar-refractivity contribution in [3.8, 4) is 11.5 Å². The molecule has 35 heavy (non-hydrogen) atoms. The number of aryl methyl sites for hydroxylation is 1. The summed E-state index contributed by atoms with van der Waals surface area (Å²) in [5, 5.41) is 7.97. The van der Waals surface area contributed by atoms with E-state index in [-0.39, 0.29) is 18.9 Å². The van der Waals surface area contributed by atoms with Gasteiger partial charge < -0.3 is 19.5 Å². The first-order valence-electron chi connectivity index (χ1n) is 11.9. The quantitative estimate of drug-likeness (QED) is 0.448. The van der Waals surface area contributed by atoms with Gasteiger partial charge in [-0.15, -0.1) is 5.10 Å². The zero-order chi connectivity index (χ0) is 25.8. The van der Waals surface area contributed by atoms with Gasteiger partial charge in [0.2, 0.25) is 0 Å². The van der Waals surface area contributed by atoms with Crippen molar-refractivity contribution in [3.63, 3.8) is 0 Å². The summed E-state index contributed by atoms with van der Waals surface area (Å²) in [5.74, 6) is 1.95. The van der Waals surface area contributed by atoms with Gasteiger partial charge in [0.1, 0.15) is 34.7 Å². The van der Waals surface area contributed by atoms with E-state index in [4.69, 9.17) is 14.2 Å². The van der Waals surface area contributed by atoms with Crippen molar-refractivity contribution in [1.29, 1.82) is 0 Å². The number of carbonyl (C=O) groups excluding carboxylic acids is 1. The summed E-state index contributed by atoms with van der Waals surface area (Å²) >= 11 is 0. The Balaban J connectivity index is 0.00000167. The van der Waals surface area contributed by atoms with E-state index >= 15 is 0 Å². The highest BCUT2D eigenvalue weighted by molar-refractivity contribution is 5.84. The molecule has 0 radical (unpaired) electrons. The van der Waals surface area contributed by atoms with E-state index in [1.807, 2.05) is 51.1 Å². The molecule has 0 bridgehead atoms. The maximum absolute atomic E-state index is 14.0. The zero-order valence-corrected chi connectivity index (χ0v) is 21.5. The number of imidazole rings is 1. The molecule has 190 valence electrons. The van der Waals surface area contributed by atoms with Crippen LogP contribution in [0.25, 0.3) is 5.52 Å². The van der Waals surface area contributed by atoms with Crippen LogP contribution in [0.3, 0.4) is 0 Å². The lowest BCUT2D eigenvalue weighted by Gasteiger charge is -2.40. The number of hydrogen-bond acceptors (Lipinski definition) is 7. The summed E-state index contributed by atoms with van der Waals surface area (Å²) in [4.78, 5) is 17.6. The lowest BCUT2D eigenvalue weighted by Crippen LogP contribution is -2.51. The van der Waals surface area contributed by atoms with Gasteiger partial charge in [-0.1, -0.05) is 13.8 Å². The molecule has 4 rings (SSSR count). The Kier molecular flexibility index (Phi) is 8.19. The van der Waals surface area contributed by atoms with Crippen LogP contribution < -0.4 is 14.8 Å². The molecule has 9 heteroatoms. The number of hydrogen-bond donors (Lipinski definition) is 1. The molecule has 1 fully saturated rings. The summed E-state index contributed by atoms with van der Waals surface area (Å²) in [6.07, 6.45) is -1.29. The molecule has 2 aromatic heterocycles. The number of anilines is 1. The molecule has 0 unspecified atom stereocenters. The smallest absolute Gasteiger partial charge is 0.320 e. The predicted molar refractivity (Wildman–Crippen MR) is 133 cm³/mol. The fourth-order valence-electron chi connectivity index (χ4n) is 4.17. The van der Waals surface area contributed by atoms with E-state index in [1.165, 1.54) is 0 Å². The van der Waals surface area contributed by atoms with E-state index < -0.39 is 17.6 Å². The number of esters is 1. The van der Waals surface area contributed by atoms with Crippen LogP contribution in [-0.4, -0.2) is 47.1 Å². The number of carbonyl (C=O) groups is 1. The number of halogens is 1. The van der Waals surface area contributed by atoms with Crippen molar-refractivity contribution < 1.29 is 23.4 Å². The Morgan fingerprint density at radius 2 is 1.91 bits per heavy atom. The Morgan fingerprint density at radius 1 is 1.20 bits per heavy atom. The first kappa shape index (κ1) is 26.2. The molecule has 0 amide bonds. The second kappa shape index (κ2) is 10.9. The van der Waals surface area contributed by atoms with E-state index in [0.717, 1.165) is 16.8 Å². The molecule has 1 saturated carbocycles. The highest BCUT2D eigenvalue weighted by Gasteiger charge is 2.56. The minimum absolute atomic E-state index is 0.0412. The van der Waals surface area contributed by atoms with Crippen molar-refractivity contribution in [2.45, 2.75) is 71.7 Å². The number of fused-ring (bicyclic) bond motifs is 1. The Morgan fingerprint density at radius 3 is 2.51 bits per heavy atom. The second-order valence-electron chi connectivity index (χ2n) is 8.61. The maximum Gasteiger partial charge on any atom is 0.320 e. The zero-order valence-electron chi connectivity index (χ0n) is 21.5. The molecule has 0 atom stereocenters. The van der Waals surface area contributed by atoms with Crippen LogP contribution >= 0.6 is 0 Å².